The van der Waals surface area contributed by atoms with Gasteiger partial charge in [0.25, 0.3) is 0 Å². The van der Waals surface area contributed by atoms with Crippen molar-refractivity contribution in [2.75, 3.05) is 19.7 Å². The molecule has 1 N–H and O–H groups in total. The van der Waals surface area contributed by atoms with Gasteiger partial charge in [-0.15, -0.1) is 0 Å². The highest BCUT2D eigenvalue weighted by Gasteiger charge is 2.25. The fourth-order valence-corrected chi connectivity index (χ4v) is 3.02. The Morgan fingerprint density at radius 2 is 1.88 bits per heavy atom. The van der Waals surface area contributed by atoms with E-state index in [1.807, 2.05) is 35.2 Å². The molecule has 0 aromatic heterocycles. The first-order valence-corrected chi connectivity index (χ1v) is 8.91. The zero-order valence-corrected chi connectivity index (χ0v) is 14.9. The Kier molecular flexibility index (Phi) is 5.71. The van der Waals surface area contributed by atoms with Crippen LogP contribution in [0.1, 0.15) is 42.6 Å². The van der Waals surface area contributed by atoms with Crippen LogP contribution in [-0.2, 0) is 11.3 Å². The van der Waals surface area contributed by atoms with Crippen molar-refractivity contribution < 1.29 is 9.53 Å². The molecule has 1 heterocycles. The lowest BCUT2D eigenvalue weighted by molar-refractivity contribution is -0.0154. The highest BCUT2D eigenvalue weighted by Crippen LogP contribution is 2.24. The molecule has 1 aliphatic heterocycles. The largest absolute Gasteiger partial charge is 0.370 e. The summed E-state index contributed by atoms with van der Waals surface area (Å²) in [4.78, 5) is 14.3. The molecule has 0 radical (unpaired) electrons. The first-order valence-electron chi connectivity index (χ1n) is 8.91. The van der Waals surface area contributed by atoms with Crippen molar-refractivity contribution in [3.63, 3.8) is 0 Å². The monoisotopic (exact) mass is 338 g/mol. The molecular weight excluding hydrogens is 312 g/mol. The summed E-state index contributed by atoms with van der Waals surface area (Å²) in [5, 5.41) is 3.00. The summed E-state index contributed by atoms with van der Waals surface area (Å²) in [7, 11) is 0. The average Bonchev–Trinajstić information content (AvgIpc) is 2.67. The van der Waals surface area contributed by atoms with Crippen LogP contribution in [0.15, 0.2) is 54.6 Å². The number of benzene rings is 2. The fraction of sp³-hybridized carbons (Fsp3) is 0.381. The lowest BCUT2D eigenvalue weighted by atomic mass is 9.99. The molecule has 1 aliphatic rings. The van der Waals surface area contributed by atoms with Gasteiger partial charge in [-0.2, -0.15) is 0 Å². The molecule has 3 rings (SSSR count). The molecule has 2 amide bonds. The van der Waals surface area contributed by atoms with Gasteiger partial charge in [-0.1, -0.05) is 68.4 Å². The molecule has 2 aromatic rings. The van der Waals surface area contributed by atoms with Gasteiger partial charge >= 0.3 is 6.03 Å². The number of hydrogen-bond donors (Lipinski definition) is 1. The summed E-state index contributed by atoms with van der Waals surface area (Å²) < 4.78 is 5.89. The number of carbonyl (C=O) groups excluding carboxylic acids is 1. The maximum absolute atomic E-state index is 12.5. The smallest absolute Gasteiger partial charge is 0.317 e. The lowest BCUT2D eigenvalue weighted by Crippen LogP contribution is -2.46. The number of urea groups is 1. The zero-order chi connectivity index (χ0) is 17.6. The van der Waals surface area contributed by atoms with E-state index >= 15 is 0 Å². The van der Waals surface area contributed by atoms with Crippen LogP contribution in [-0.4, -0.2) is 30.6 Å². The van der Waals surface area contributed by atoms with E-state index < -0.39 is 0 Å². The summed E-state index contributed by atoms with van der Waals surface area (Å²) in [6.07, 6.45) is -0.0579. The molecule has 4 heteroatoms. The minimum Gasteiger partial charge on any atom is -0.370 e. The van der Waals surface area contributed by atoms with Crippen LogP contribution in [0.5, 0.6) is 0 Å². The predicted octanol–water partition coefficient (Wildman–Crippen LogP) is 4.09. The highest BCUT2D eigenvalue weighted by molar-refractivity contribution is 5.74. The van der Waals surface area contributed by atoms with E-state index in [4.69, 9.17) is 4.74 Å². The van der Waals surface area contributed by atoms with E-state index in [0.29, 0.717) is 32.2 Å². The van der Waals surface area contributed by atoms with Crippen LogP contribution in [0.25, 0.3) is 0 Å². The second-order valence-electron chi connectivity index (χ2n) is 6.77. The first kappa shape index (κ1) is 17.5. The Morgan fingerprint density at radius 3 is 2.56 bits per heavy atom. The van der Waals surface area contributed by atoms with Crippen molar-refractivity contribution in [2.24, 2.45) is 0 Å². The van der Waals surface area contributed by atoms with E-state index in [0.717, 1.165) is 11.1 Å². The van der Waals surface area contributed by atoms with Gasteiger partial charge in [0.05, 0.1) is 13.2 Å². The number of nitrogens with zero attached hydrogens (tertiary/aromatic N) is 1. The van der Waals surface area contributed by atoms with Crippen molar-refractivity contribution in [3.05, 3.63) is 71.3 Å². The number of morpholine rings is 1. The van der Waals surface area contributed by atoms with Gasteiger partial charge in [-0.25, -0.2) is 4.79 Å². The molecule has 1 atom stereocenters. The second-order valence-corrected chi connectivity index (χ2v) is 6.77. The minimum absolute atomic E-state index is 0.0315. The molecule has 25 heavy (non-hydrogen) atoms. The molecule has 0 bridgehead atoms. The molecule has 0 saturated carbocycles. The quantitative estimate of drug-likeness (QED) is 0.912. The molecule has 0 spiro atoms. The first-order chi connectivity index (χ1) is 12.1. The molecule has 132 valence electrons. The molecule has 1 fully saturated rings. The Balaban J connectivity index is 1.57. The van der Waals surface area contributed by atoms with Crippen molar-refractivity contribution in [2.45, 2.75) is 32.4 Å². The summed E-state index contributed by atoms with van der Waals surface area (Å²) in [6, 6.07) is 18.5. The van der Waals surface area contributed by atoms with Gasteiger partial charge in [0.2, 0.25) is 0 Å². The van der Waals surface area contributed by atoms with Crippen molar-refractivity contribution in [1.29, 1.82) is 0 Å². The summed E-state index contributed by atoms with van der Waals surface area (Å²) in [6.45, 7) is 6.69. The van der Waals surface area contributed by atoms with Gasteiger partial charge in [0.15, 0.2) is 0 Å². The maximum Gasteiger partial charge on any atom is 0.317 e. The van der Waals surface area contributed by atoms with Gasteiger partial charge in [-0.3, -0.25) is 0 Å². The third kappa shape index (κ3) is 4.60. The number of hydrogen-bond acceptors (Lipinski definition) is 2. The topological polar surface area (TPSA) is 41.6 Å². The highest BCUT2D eigenvalue weighted by atomic mass is 16.5. The van der Waals surface area contributed by atoms with Crippen molar-refractivity contribution in [1.82, 2.24) is 10.2 Å². The second kappa shape index (κ2) is 8.17. The molecule has 0 aliphatic carbocycles. The number of ether oxygens (including phenoxy) is 1. The van der Waals surface area contributed by atoms with Crippen LogP contribution in [0, 0.1) is 0 Å². The van der Waals surface area contributed by atoms with Gasteiger partial charge in [0, 0.05) is 13.1 Å². The van der Waals surface area contributed by atoms with Gasteiger partial charge in [0.1, 0.15) is 6.10 Å². The third-order valence-electron chi connectivity index (χ3n) is 4.62. The molecule has 2 aromatic carbocycles. The zero-order valence-electron chi connectivity index (χ0n) is 14.9. The summed E-state index contributed by atoms with van der Waals surface area (Å²) in [5.41, 5.74) is 3.55. The van der Waals surface area contributed by atoms with E-state index in [-0.39, 0.29) is 12.1 Å². The standard InChI is InChI=1S/C21H26N2O2/c1-16(2)18-8-10-19(11-9-18)20-15-23(12-13-25-20)21(24)22-14-17-6-4-3-5-7-17/h3-11,16,20H,12-15H2,1-2H3,(H,22,24). The van der Waals surface area contributed by atoms with Crippen LogP contribution in [0.2, 0.25) is 0 Å². The molecular formula is C21H26N2O2. The van der Waals surface area contributed by atoms with E-state index in [1.165, 1.54) is 5.56 Å². The van der Waals surface area contributed by atoms with Crippen LogP contribution < -0.4 is 5.32 Å². The lowest BCUT2D eigenvalue weighted by Gasteiger charge is -2.33. The number of nitrogens with one attached hydrogen (secondary N) is 1. The van der Waals surface area contributed by atoms with Crippen LogP contribution in [0.4, 0.5) is 4.79 Å². The van der Waals surface area contributed by atoms with Gasteiger partial charge in [-0.05, 0) is 22.6 Å². The van der Waals surface area contributed by atoms with Crippen molar-refractivity contribution in [3.8, 4) is 0 Å². The molecule has 4 nitrogen and oxygen atoms in total. The normalized spacial score (nSPS) is 17.6. The van der Waals surface area contributed by atoms with E-state index in [2.05, 4.69) is 43.4 Å². The minimum atomic E-state index is -0.0579. The Labute approximate surface area is 149 Å². The van der Waals surface area contributed by atoms with E-state index in [9.17, 15) is 4.79 Å². The van der Waals surface area contributed by atoms with Crippen LogP contribution >= 0.6 is 0 Å². The fourth-order valence-electron chi connectivity index (χ4n) is 3.02. The SMILES string of the molecule is CC(C)c1ccc(C2CN(C(=O)NCc3ccccc3)CCO2)cc1. The molecule has 1 saturated heterocycles. The summed E-state index contributed by atoms with van der Waals surface area (Å²) in [5.74, 6) is 0.515. The number of rotatable bonds is 4. The third-order valence-corrected chi connectivity index (χ3v) is 4.62. The Hall–Kier alpha value is -2.33. The number of amides is 2. The Morgan fingerprint density at radius 1 is 1.16 bits per heavy atom. The number of carbonyl (C=O) groups is 1. The van der Waals surface area contributed by atoms with Crippen LogP contribution in [0.3, 0.4) is 0 Å². The van der Waals surface area contributed by atoms with Crippen molar-refractivity contribution >= 4 is 6.03 Å². The van der Waals surface area contributed by atoms with Gasteiger partial charge < -0.3 is 15.0 Å². The van der Waals surface area contributed by atoms with E-state index in [1.54, 1.807) is 0 Å². The molecule has 1 unspecified atom stereocenters. The predicted molar refractivity (Wildman–Crippen MR) is 99.5 cm³/mol. The average molecular weight is 338 g/mol. The summed E-state index contributed by atoms with van der Waals surface area (Å²) >= 11 is 0. The Bertz CT molecular complexity index is 683. The maximum atomic E-state index is 12.5.